The number of hydrogen-bond donors (Lipinski definition) is 4. The highest BCUT2D eigenvalue weighted by atomic mass is 32.1. The zero-order valence-corrected chi connectivity index (χ0v) is 22.7. The van der Waals surface area contributed by atoms with Crippen LogP contribution >= 0.6 is 32.2 Å². The summed E-state index contributed by atoms with van der Waals surface area (Å²) in [7, 11) is -4.18. The molecule has 14 heteroatoms. The lowest BCUT2D eigenvalue weighted by Gasteiger charge is -2.25. The first-order chi connectivity index (χ1) is 16.9. The molecule has 2 heterocycles. The number of nitrogens with one attached hydrogen (secondary N) is 2. The van der Waals surface area contributed by atoms with Crippen LogP contribution in [0.25, 0.3) is 0 Å². The van der Waals surface area contributed by atoms with Crippen LogP contribution in [0.1, 0.15) is 32.6 Å². The van der Waals surface area contributed by atoms with Crippen molar-refractivity contribution < 1.29 is 38.1 Å². The Labute approximate surface area is 219 Å². The number of nitrogens with zero attached hydrogens (tertiary/aromatic N) is 1. The molecule has 198 valence electrons. The Bertz CT molecular complexity index is 1220. The van der Waals surface area contributed by atoms with Gasteiger partial charge in [0, 0.05) is 11.8 Å². The molecule has 2 unspecified atom stereocenters. The van der Waals surface area contributed by atoms with Crippen LogP contribution in [0.3, 0.4) is 0 Å². The van der Waals surface area contributed by atoms with Crippen molar-refractivity contribution in [3.63, 3.8) is 0 Å². The molecule has 2 aromatic rings. The van der Waals surface area contributed by atoms with Crippen molar-refractivity contribution in [2.24, 2.45) is 0 Å². The Morgan fingerprint density at radius 3 is 2.53 bits per heavy atom. The lowest BCUT2D eigenvalue weighted by Crippen LogP contribution is -2.38. The Morgan fingerprint density at radius 2 is 1.89 bits per heavy atom. The first-order valence-electron chi connectivity index (χ1n) is 11.2. The maximum atomic E-state index is 13.6. The summed E-state index contributed by atoms with van der Waals surface area (Å²) >= 11 is 10.5. The molecule has 1 fully saturated rings. The molecule has 1 aliphatic heterocycles. The second-order valence-corrected chi connectivity index (χ2v) is 11.0. The van der Waals surface area contributed by atoms with Crippen molar-refractivity contribution in [3.8, 4) is 5.75 Å². The number of aromatic nitrogens is 2. The Kier molecular flexibility index (Phi) is 9.58. The predicted octanol–water partition coefficient (Wildman–Crippen LogP) is 3.34. The smallest absolute Gasteiger partial charge is 0.459 e. The van der Waals surface area contributed by atoms with Gasteiger partial charge in [-0.15, -0.1) is 0 Å². The van der Waals surface area contributed by atoms with Crippen molar-refractivity contribution >= 4 is 38.2 Å². The van der Waals surface area contributed by atoms with E-state index in [9.17, 15) is 19.6 Å². The molecule has 1 saturated heterocycles. The molecule has 0 radical (unpaired) electrons. The number of aryl methyl sites for hydroxylation is 1. The van der Waals surface area contributed by atoms with Gasteiger partial charge < -0.3 is 29.2 Å². The van der Waals surface area contributed by atoms with Crippen LogP contribution in [-0.2, 0) is 23.4 Å². The Balaban J connectivity index is 1.77. The molecular formula is C22H30N3O8PS2. The Morgan fingerprint density at radius 1 is 1.22 bits per heavy atom. The van der Waals surface area contributed by atoms with E-state index in [0.717, 1.165) is 0 Å². The predicted molar refractivity (Wildman–Crippen MR) is 136 cm³/mol. The zero-order valence-electron chi connectivity index (χ0n) is 20.2. The van der Waals surface area contributed by atoms with Crippen LogP contribution in [0.4, 0.5) is 0 Å². The van der Waals surface area contributed by atoms with Gasteiger partial charge in [0.05, 0.1) is 12.7 Å². The molecule has 1 aromatic heterocycles. The molecule has 3 rings (SSSR count). The van der Waals surface area contributed by atoms with Gasteiger partial charge >= 0.3 is 13.7 Å². The largest absolute Gasteiger partial charge is 0.462 e. The van der Waals surface area contributed by atoms with Crippen molar-refractivity contribution in [1.82, 2.24) is 14.6 Å². The van der Waals surface area contributed by atoms with Gasteiger partial charge in [-0.25, -0.2) is 4.57 Å². The number of aliphatic hydroxyl groups is 2. The highest BCUT2D eigenvalue weighted by molar-refractivity contribution is 7.72. The van der Waals surface area contributed by atoms with Gasteiger partial charge in [0.2, 0.25) is 0 Å². The quantitative estimate of drug-likeness (QED) is 0.193. The van der Waals surface area contributed by atoms with Gasteiger partial charge in [-0.1, -0.05) is 30.4 Å². The van der Waals surface area contributed by atoms with E-state index in [2.05, 4.69) is 10.1 Å². The van der Waals surface area contributed by atoms with E-state index in [1.54, 1.807) is 57.3 Å². The number of aliphatic hydroxyl groups excluding tert-OH is 2. The third-order valence-corrected chi connectivity index (χ3v) is 7.57. The fourth-order valence-electron chi connectivity index (χ4n) is 3.38. The summed E-state index contributed by atoms with van der Waals surface area (Å²) in [4.78, 5) is 15.1. The number of hydrogen-bond acceptors (Lipinski definition) is 10. The summed E-state index contributed by atoms with van der Waals surface area (Å²) in [6.07, 6.45) is -3.67. The standard InChI is InChI=1S/C22H30N3O8PS2/c1-12(2)31-21(28)14(4)24-34(29,33-15-8-6-5-7-9-15)30-11-16-17(26)18(27)20(32-16)25-10-13(3)19(35)23-22(25)36/h5-10,12,14,16-18,20,26-27H,11H2,1-4H3,(H,24,29)(H,23,35,36)/t14-,16-,17+,18?,20-,34?/m0/s1. The lowest BCUT2D eigenvalue weighted by molar-refractivity contribution is -0.149. The molecule has 0 aliphatic carbocycles. The number of ether oxygens (including phenoxy) is 2. The normalized spacial score (nSPS) is 24.3. The van der Waals surface area contributed by atoms with Gasteiger partial charge in [-0.05, 0) is 52.0 Å². The summed E-state index contributed by atoms with van der Waals surface area (Å²) in [6, 6.07) is 7.21. The Hall–Kier alpha value is -1.96. The zero-order chi connectivity index (χ0) is 26.6. The van der Waals surface area contributed by atoms with E-state index >= 15 is 0 Å². The minimum Gasteiger partial charge on any atom is -0.462 e. The van der Waals surface area contributed by atoms with Crippen LogP contribution in [0.5, 0.6) is 5.75 Å². The van der Waals surface area contributed by atoms with Crippen LogP contribution in [-0.4, -0.2) is 62.8 Å². The number of aromatic amines is 1. The van der Waals surface area contributed by atoms with Gasteiger partial charge in [0.15, 0.2) is 11.0 Å². The first kappa shape index (κ1) is 28.6. The highest BCUT2D eigenvalue weighted by Gasteiger charge is 2.45. The van der Waals surface area contributed by atoms with Gasteiger partial charge in [0.25, 0.3) is 0 Å². The molecule has 11 nitrogen and oxygen atoms in total. The maximum Gasteiger partial charge on any atom is 0.459 e. The third-order valence-electron chi connectivity index (χ3n) is 5.19. The molecule has 0 bridgehead atoms. The van der Waals surface area contributed by atoms with E-state index < -0.39 is 50.9 Å². The summed E-state index contributed by atoms with van der Waals surface area (Å²) in [5.41, 5.74) is 0.691. The lowest BCUT2D eigenvalue weighted by atomic mass is 10.1. The van der Waals surface area contributed by atoms with E-state index in [4.69, 9.17) is 43.0 Å². The molecule has 36 heavy (non-hydrogen) atoms. The number of carbonyl (C=O) groups is 1. The number of H-pyrrole nitrogens is 1. The van der Waals surface area contributed by atoms with Crippen LogP contribution in [0.15, 0.2) is 36.5 Å². The van der Waals surface area contributed by atoms with Crippen LogP contribution < -0.4 is 9.61 Å². The van der Waals surface area contributed by atoms with Crippen molar-refractivity contribution in [3.05, 3.63) is 51.5 Å². The number of esters is 1. The first-order valence-corrected chi connectivity index (χ1v) is 13.6. The number of para-hydroxylation sites is 1. The molecule has 0 saturated carbocycles. The fraction of sp³-hybridized carbons (Fsp3) is 0.500. The minimum absolute atomic E-state index is 0.195. The summed E-state index contributed by atoms with van der Waals surface area (Å²) in [5, 5.41) is 23.8. The molecule has 0 spiro atoms. The summed E-state index contributed by atoms with van der Waals surface area (Å²) in [5.74, 6) is -0.422. The highest BCUT2D eigenvalue weighted by Crippen LogP contribution is 2.46. The van der Waals surface area contributed by atoms with E-state index in [-0.39, 0.29) is 16.6 Å². The monoisotopic (exact) mass is 559 g/mol. The molecule has 6 atom stereocenters. The average Bonchev–Trinajstić information content (AvgIpc) is 3.08. The van der Waals surface area contributed by atoms with Crippen LogP contribution in [0, 0.1) is 16.3 Å². The van der Waals surface area contributed by atoms with E-state index in [0.29, 0.717) is 10.2 Å². The molecule has 4 N–H and O–H groups in total. The topological polar surface area (TPSA) is 144 Å². The number of benzene rings is 1. The fourth-order valence-corrected chi connectivity index (χ4v) is 5.35. The minimum atomic E-state index is -4.18. The van der Waals surface area contributed by atoms with Gasteiger partial charge in [-0.3, -0.25) is 13.9 Å². The number of carbonyl (C=O) groups excluding carboxylic acids is 1. The summed E-state index contributed by atoms with van der Waals surface area (Å²) in [6.45, 7) is 6.16. The van der Waals surface area contributed by atoms with Crippen molar-refractivity contribution in [2.45, 2.75) is 64.4 Å². The van der Waals surface area contributed by atoms with Crippen molar-refractivity contribution in [1.29, 1.82) is 0 Å². The molecule has 0 amide bonds. The van der Waals surface area contributed by atoms with Crippen LogP contribution in [0.2, 0.25) is 0 Å². The van der Waals surface area contributed by atoms with Gasteiger partial charge in [-0.2, -0.15) is 5.09 Å². The number of rotatable bonds is 10. The second-order valence-electron chi connectivity index (χ2n) is 8.56. The second kappa shape index (κ2) is 12.1. The SMILES string of the molecule is Cc1cn([C@H]2O[C@@H](COP(=O)(N[C@@H](C)C(=O)OC(C)C)Oc3ccccc3)[C@@H](O)C2O)c(=S)[nH]c1=S. The third kappa shape index (κ3) is 7.08. The average molecular weight is 560 g/mol. The molecular weight excluding hydrogens is 529 g/mol. The molecule has 1 aliphatic rings. The van der Waals surface area contributed by atoms with Crippen molar-refractivity contribution in [2.75, 3.05) is 6.61 Å². The van der Waals surface area contributed by atoms with E-state index in [1.807, 2.05) is 0 Å². The maximum absolute atomic E-state index is 13.6. The van der Waals surface area contributed by atoms with E-state index in [1.165, 1.54) is 11.5 Å². The summed E-state index contributed by atoms with van der Waals surface area (Å²) < 4.78 is 37.8. The molecule has 1 aromatic carbocycles. The van der Waals surface area contributed by atoms with Gasteiger partial charge in [0.1, 0.15) is 34.7 Å².